The molecule has 0 spiro atoms. The molecule has 0 bridgehead atoms. The summed E-state index contributed by atoms with van der Waals surface area (Å²) in [5.74, 6) is 2.36. The van der Waals surface area contributed by atoms with Crippen molar-refractivity contribution >= 4 is 17.5 Å². The molecule has 1 N–H and O–H groups in total. The average Bonchev–Trinajstić information content (AvgIpc) is 3.34. The zero-order chi connectivity index (χ0) is 25.0. The maximum absolute atomic E-state index is 13.0. The van der Waals surface area contributed by atoms with Gasteiger partial charge in [0.05, 0.1) is 5.56 Å². The SMILES string of the molecule is O=C(Cc1cccc(C(F)(F)F)c1)C[C@H]1[C@H]2Oc3ccc(Oc4ccnc5c4CCC(=O)N5)cc3[C@H]12. The molecule has 0 radical (unpaired) electrons. The van der Waals surface area contributed by atoms with Crippen LogP contribution in [0.5, 0.6) is 17.2 Å². The number of ether oxygens (including phenoxy) is 2. The number of fused-ring (bicyclic) bond motifs is 4. The number of nitrogens with one attached hydrogen (secondary N) is 1. The number of carbonyl (C=O) groups excluding carboxylic acids is 2. The molecule has 36 heavy (non-hydrogen) atoms. The lowest BCUT2D eigenvalue weighted by Gasteiger charge is -2.19. The Bertz CT molecular complexity index is 1390. The number of halogens is 3. The van der Waals surface area contributed by atoms with Crippen molar-refractivity contribution in [3.05, 3.63) is 77.0 Å². The predicted octanol–water partition coefficient (Wildman–Crippen LogP) is 5.45. The number of hydrogen-bond donors (Lipinski definition) is 1. The highest BCUT2D eigenvalue weighted by molar-refractivity contribution is 5.93. The molecule has 1 aliphatic carbocycles. The molecule has 9 heteroatoms. The Hall–Kier alpha value is -3.88. The topological polar surface area (TPSA) is 77.5 Å². The Kier molecular flexibility index (Phi) is 5.24. The van der Waals surface area contributed by atoms with E-state index >= 15 is 0 Å². The Labute approximate surface area is 204 Å². The first-order chi connectivity index (χ1) is 17.3. The lowest BCUT2D eigenvalue weighted by molar-refractivity contribution is -0.137. The fraction of sp³-hybridized carbons (Fsp3) is 0.296. The third kappa shape index (κ3) is 4.19. The fourth-order valence-electron chi connectivity index (χ4n) is 5.16. The molecular formula is C27H21F3N2O4. The summed E-state index contributed by atoms with van der Waals surface area (Å²) in [6, 6.07) is 12.2. The van der Waals surface area contributed by atoms with Crippen LogP contribution in [0.4, 0.5) is 19.0 Å². The van der Waals surface area contributed by atoms with E-state index in [1.54, 1.807) is 18.3 Å². The maximum atomic E-state index is 13.0. The van der Waals surface area contributed by atoms with Gasteiger partial charge in [0.2, 0.25) is 5.91 Å². The quantitative estimate of drug-likeness (QED) is 0.493. The van der Waals surface area contributed by atoms with E-state index in [0.29, 0.717) is 35.7 Å². The molecule has 1 amide bonds. The summed E-state index contributed by atoms with van der Waals surface area (Å²) in [5, 5.41) is 2.76. The van der Waals surface area contributed by atoms with E-state index < -0.39 is 11.7 Å². The number of anilines is 1. The number of nitrogens with zero attached hydrogens (tertiary/aromatic N) is 1. The molecule has 2 aliphatic heterocycles. The minimum Gasteiger partial charge on any atom is -0.489 e. The fourth-order valence-corrected chi connectivity index (χ4v) is 5.16. The van der Waals surface area contributed by atoms with Crippen molar-refractivity contribution in [1.82, 2.24) is 4.98 Å². The van der Waals surface area contributed by atoms with E-state index in [4.69, 9.17) is 9.47 Å². The lowest BCUT2D eigenvalue weighted by Crippen LogP contribution is -2.20. The maximum Gasteiger partial charge on any atom is 0.416 e. The highest BCUT2D eigenvalue weighted by Gasteiger charge is 2.59. The Balaban J connectivity index is 1.13. The number of hydrogen-bond acceptors (Lipinski definition) is 5. The van der Waals surface area contributed by atoms with Gasteiger partial charge in [0.25, 0.3) is 0 Å². The molecule has 0 unspecified atom stereocenters. The van der Waals surface area contributed by atoms with Gasteiger partial charge in [-0.3, -0.25) is 9.59 Å². The van der Waals surface area contributed by atoms with Gasteiger partial charge in [0, 0.05) is 48.4 Å². The van der Waals surface area contributed by atoms with E-state index in [1.807, 2.05) is 18.2 Å². The summed E-state index contributed by atoms with van der Waals surface area (Å²) >= 11 is 0. The van der Waals surface area contributed by atoms with Crippen molar-refractivity contribution in [2.75, 3.05) is 5.32 Å². The van der Waals surface area contributed by atoms with Crippen molar-refractivity contribution < 1.29 is 32.2 Å². The van der Waals surface area contributed by atoms with Crippen LogP contribution in [0.15, 0.2) is 54.7 Å². The van der Waals surface area contributed by atoms with Crippen molar-refractivity contribution in [2.24, 2.45) is 5.92 Å². The number of benzene rings is 2. The third-order valence-electron chi connectivity index (χ3n) is 6.92. The van der Waals surface area contributed by atoms with Crippen LogP contribution in [-0.2, 0) is 28.6 Å². The van der Waals surface area contributed by atoms with Gasteiger partial charge in [0.15, 0.2) is 0 Å². The molecule has 0 saturated heterocycles. The third-order valence-corrected chi connectivity index (χ3v) is 6.92. The summed E-state index contributed by atoms with van der Waals surface area (Å²) in [6.07, 6.45) is -1.85. The summed E-state index contributed by atoms with van der Waals surface area (Å²) in [4.78, 5) is 28.5. The molecule has 3 aliphatic rings. The second-order valence-electron chi connectivity index (χ2n) is 9.38. The monoisotopic (exact) mass is 494 g/mol. The number of carbonyl (C=O) groups is 2. The summed E-state index contributed by atoms with van der Waals surface area (Å²) < 4.78 is 51.0. The van der Waals surface area contributed by atoms with Crippen LogP contribution in [0.1, 0.15) is 41.0 Å². The largest absolute Gasteiger partial charge is 0.489 e. The number of alkyl halides is 3. The van der Waals surface area contributed by atoms with Gasteiger partial charge in [-0.2, -0.15) is 13.2 Å². The zero-order valence-electron chi connectivity index (χ0n) is 19.0. The van der Waals surface area contributed by atoms with Gasteiger partial charge in [0.1, 0.15) is 35.0 Å². The van der Waals surface area contributed by atoms with Crippen molar-refractivity contribution in [1.29, 1.82) is 0 Å². The molecule has 3 atom stereocenters. The van der Waals surface area contributed by atoms with Gasteiger partial charge in [-0.25, -0.2) is 4.98 Å². The first-order valence-electron chi connectivity index (χ1n) is 11.7. The van der Waals surface area contributed by atoms with E-state index in [0.717, 1.165) is 29.0 Å². The van der Waals surface area contributed by atoms with Crippen LogP contribution in [0.25, 0.3) is 0 Å². The molecule has 2 aromatic carbocycles. The molecule has 3 heterocycles. The van der Waals surface area contributed by atoms with Crippen LogP contribution in [0, 0.1) is 5.92 Å². The van der Waals surface area contributed by atoms with Crippen LogP contribution < -0.4 is 14.8 Å². The van der Waals surface area contributed by atoms with Gasteiger partial charge in [-0.05, 0) is 42.3 Å². The minimum atomic E-state index is -4.44. The standard InChI is InChI=1S/C27H21F3N2O4/c28-27(29,30)15-3-1-2-14(10-15)11-16(33)12-20-24-19-13-17(4-6-21(19)36-25(20)24)35-22-8-9-31-26-18(22)5-7-23(34)32-26/h1-4,6,8-10,13,20,24-25H,5,7,11-12H2,(H,31,32,34)/t20-,24-,25-/m1/s1. The molecule has 1 fully saturated rings. The number of rotatable bonds is 6. The predicted molar refractivity (Wildman–Crippen MR) is 123 cm³/mol. The second kappa shape index (κ2) is 8.36. The highest BCUT2D eigenvalue weighted by Crippen LogP contribution is 2.60. The van der Waals surface area contributed by atoms with Gasteiger partial charge >= 0.3 is 6.18 Å². The number of Topliss-reactive ketones (excluding diaryl/α,β-unsaturated/α-hetero) is 1. The first kappa shape index (κ1) is 22.6. The normalized spacial score (nSPS) is 21.5. The van der Waals surface area contributed by atoms with Crippen LogP contribution in [0.3, 0.4) is 0 Å². The number of aromatic nitrogens is 1. The smallest absolute Gasteiger partial charge is 0.416 e. The zero-order valence-corrected chi connectivity index (χ0v) is 19.0. The number of ketones is 1. The summed E-state index contributed by atoms with van der Waals surface area (Å²) in [6.45, 7) is 0. The molecular weight excluding hydrogens is 473 g/mol. The Morgan fingerprint density at radius 2 is 2.00 bits per heavy atom. The second-order valence-corrected chi connectivity index (χ2v) is 9.38. The first-order valence-corrected chi connectivity index (χ1v) is 11.7. The van der Waals surface area contributed by atoms with E-state index in [2.05, 4.69) is 10.3 Å². The average molecular weight is 494 g/mol. The summed E-state index contributed by atoms with van der Waals surface area (Å²) in [5.41, 5.74) is 1.41. The lowest BCUT2D eigenvalue weighted by atomic mass is 10.0. The van der Waals surface area contributed by atoms with Gasteiger partial charge in [-0.15, -0.1) is 0 Å². The molecule has 3 aromatic rings. The van der Waals surface area contributed by atoms with Crippen molar-refractivity contribution in [3.63, 3.8) is 0 Å². The minimum absolute atomic E-state index is 0.00468. The highest BCUT2D eigenvalue weighted by atomic mass is 19.4. The van der Waals surface area contributed by atoms with E-state index in [-0.39, 0.29) is 42.5 Å². The molecule has 184 valence electrons. The van der Waals surface area contributed by atoms with Crippen LogP contribution >= 0.6 is 0 Å². The number of amides is 1. The molecule has 1 aromatic heterocycles. The van der Waals surface area contributed by atoms with Gasteiger partial charge in [-0.1, -0.05) is 18.2 Å². The van der Waals surface area contributed by atoms with Crippen LogP contribution in [0.2, 0.25) is 0 Å². The van der Waals surface area contributed by atoms with Crippen molar-refractivity contribution in [3.8, 4) is 17.2 Å². The van der Waals surface area contributed by atoms with E-state index in [1.165, 1.54) is 6.07 Å². The summed E-state index contributed by atoms with van der Waals surface area (Å²) in [7, 11) is 0. The Morgan fingerprint density at radius 3 is 2.83 bits per heavy atom. The van der Waals surface area contributed by atoms with Crippen molar-refractivity contribution in [2.45, 2.75) is 43.9 Å². The number of pyridine rings is 1. The molecule has 1 saturated carbocycles. The van der Waals surface area contributed by atoms with Crippen LogP contribution in [-0.4, -0.2) is 22.8 Å². The Morgan fingerprint density at radius 1 is 1.14 bits per heavy atom. The van der Waals surface area contributed by atoms with E-state index in [9.17, 15) is 22.8 Å². The van der Waals surface area contributed by atoms with Gasteiger partial charge < -0.3 is 14.8 Å². The molecule has 6 rings (SSSR count). The molecule has 6 nitrogen and oxygen atoms in total.